The van der Waals surface area contributed by atoms with Crippen molar-refractivity contribution in [2.75, 3.05) is 24.7 Å². The Morgan fingerprint density at radius 1 is 1.38 bits per heavy atom. The van der Waals surface area contributed by atoms with Crippen molar-refractivity contribution in [3.05, 3.63) is 41.9 Å². The van der Waals surface area contributed by atoms with Crippen LogP contribution in [0.25, 0.3) is 0 Å². The molecule has 8 nitrogen and oxygen atoms in total. The van der Waals surface area contributed by atoms with E-state index in [1.807, 2.05) is 13.8 Å². The van der Waals surface area contributed by atoms with Gasteiger partial charge in [-0.15, -0.1) is 6.58 Å². The highest BCUT2D eigenvalue weighted by molar-refractivity contribution is 9.09. The number of amides is 2. The molecule has 1 aromatic carbocycles. The Balaban J connectivity index is 1.84. The zero-order valence-electron chi connectivity index (χ0n) is 21.3. The zero-order chi connectivity index (χ0) is 27.1. The molecule has 10 heteroatoms. The number of likely N-dealkylation sites (tertiary alicyclic amines) is 1. The van der Waals surface area contributed by atoms with Crippen molar-refractivity contribution in [2.24, 2.45) is 17.8 Å². The number of carbonyl (C=O) groups excluding carboxylic acids is 3. The van der Waals surface area contributed by atoms with Crippen molar-refractivity contribution in [1.29, 1.82) is 0 Å². The number of fused-ring (bicyclic) bond motifs is 1. The Bertz CT molecular complexity index is 1050. The molecule has 0 aromatic heterocycles. The number of hydrogen-bond acceptors (Lipinski definition) is 6. The van der Waals surface area contributed by atoms with E-state index < -0.39 is 41.6 Å². The summed E-state index contributed by atoms with van der Waals surface area (Å²) < 4.78 is 11.9. The molecular formula is C27H34BrClN2O6. The number of ether oxygens (including phenoxy) is 2. The molecule has 3 saturated heterocycles. The number of hydrogen-bond donors (Lipinski definition) is 1. The molecule has 2 amide bonds. The van der Waals surface area contributed by atoms with E-state index in [2.05, 4.69) is 22.5 Å². The van der Waals surface area contributed by atoms with Gasteiger partial charge in [0.05, 0.1) is 37.2 Å². The van der Waals surface area contributed by atoms with Crippen molar-refractivity contribution in [2.45, 2.75) is 62.2 Å². The smallest absolute Gasteiger partial charge is 0.312 e. The maximum absolute atomic E-state index is 14.5. The number of esters is 1. The van der Waals surface area contributed by atoms with Crippen molar-refractivity contribution in [3.8, 4) is 0 Å². The summed E-state index contributed by atoms with van der Waals surface area (Å²) in [5.41, 5.74) is -0.642. The second-order valence-corrected chi connectivity index (χ2v) is 12.0. The number of halogens is 2. The second-order valence-electron chi connectivity index (χ2n) is 10.3. The van der Waals surface area contributed by atoms with Gasteiger partial charge in [-0.2, -0.15) is 0 Å². The molecule has 3 fully saturated rings. The quantitative estimate of drug-likeness (QED) is 0.252. The highest BCUT2D eigenvalue weighted by Gasteiger charge is 2.77. The van der Waals surface area contributed by atoms with Gasteiger partial charge in [0.2, 0.25) is 5.91 Å². The number of benzene rings is 1. The van der Waals surface area contributed by atoms with Gasteiger partial charge in [0, 0.05) is 22.1 Å². The molecule has 7 atom stereocenters. The molecule has 0 saturated carbocycles. The van der Waals surface area contributed by atoms with Crippen LogP contribution < -0.4 is 4.90 Å². The summed E-state index contributed by atoms with van der Waals surface area (Å²) in [7, 11) is 0. The summed E-state index contributed by atoms with van der Waals surface area (Å²) in [4.78, 5) is 44.5. The van der Waals surface area contributed by atoms with Crippen LogP contribution in [0.3, 0.4) is 0 Å². The fraction of sp³-hybridized carbons (Fsp3) is 0.593. The predicted molar refractivity (Wildman–Crippen MR) is 144 cm³/mol. The van der Waals surface area contributed by atoms with Crippen molar-refractivity contribution in [3.63, 3.8) is 0 Å². The number of rotatable bonds is 10. The predicted octanol–water partition coefficient (Wildman–Crippen LogP) is 3.58. The van der Waals surface area contributed by atoms with Crippen LogP contribution >= 0.6 is 27.5 Å². The SMILES string of the molecule is C=CCN(C(=O)[C@@H]1N([C@@H](CO)CC(C)C)C(=O)[C@H]2[C@H](C(=O)OCC)[C@H]3O[C@@]12CC3Br)c1ccc(Cl)cc1. The topological polar surface area (TPSA) is 96.4 Å². The van der Waals surface area contributed by atoms with Crippen LogP contribution in [0.1, 0.15) is 33.6 Å². The van der Waals surface area contributed by atoms with Crippen LogP contribution in [0.4, 0.5) is 5.69 Å². The summed E-state index contributed by atoms with van der Waals surface area (Å²) >= 11 is 9.74. The van der Waals surface area contributed by atoms with Gasteiger partial charge in [0.15, 0.2) is 0 Å². The summed E-state index contributed by atoms with van der Waals surface area (Å²) in [5.74, 6) is -2.78. The molecule has 3 aliphatic heterocycles. The third-order valence-corrected chi connectivity index (χ3v) is 8.68. The molecule has 1 spiro atoms. The summed E-state index contributed by atoms with van der Waals surface area (Å²) in [6.07, 6.45) is 1.88. The van der Waals surface area contributed by atoms with Crippen LogP contribution in [-0.2, 0) is 23.9 Å². The minimum atomic E-state index is -1.24. The fourth-order valence-electron chi connectivity index (χ4n) is 6.29. The first-order valence-electron chi connectivity index (χ1n) is 12.7. The van der Waals surface area contributed by atoms with E-state index in [0.717, 1.165) is 0 Å². The summed E-state index contributed by atoms with van der Waals surface area (Å²) in [5, 5.41) is 10.9. The lowest BCUT2D eigenvalue weighted by Crippen LogP contribution is -2.59. The van der Waals surface area contributed by atoms with Gasteiger partial charge >= 0.3 is 5.97 Å². The molecule has 1 aromatic rings. The molecule has 4 rings (SSSR count). The largest absolute Gasteiger partial charge is 0.466 e. The fourth-order valence-corrected chi connectivity index (χ4v) is 7.36. The Morgan fingerprint density at radius 2 is 2.05 bits per heavy atom. The van der Waals surface area contributed by atoms with Crippen LogP contribution in [0.2, 0.25) is 5.02 Å². The zero-order valence-corrected chi connectivity index (χ0v) is 23.7. The van der Waals surface area contributed by atoms with E-state index in [9.17, 15) is 19.5 Å². The van der Waals surface area contributed by atoms with Crippen LogP contribution in [0, 0.1) is 17.8 Å². The lowest BCUT2D eigenvalue weighted by atomic mass is 9.70. The van der Waals surface area contributed by atoms with Crippen LogP contribution in [0.5, 0.6) is 0 Å². The number of carbonyl (C=O) groups is 3. The van der Waals surface area contributed by atoms with Crippen LogP contribution in [0.15, 0.2) is 36.9 Å². The van der Waals surface area contributed by atoms with Crippen LogP contribution in [-0.4, -0.2) is 76.2 Å². The number of anilines is 1. The Morgan fingerprint density at radius 3 is 2.62 bits per heavy atom. The van der Waals surface area contributed by atoms with Gasteiger partial charge in [-0.25, -0.2) is 0 Å². The van der Waals surface area contributed by atoms with Gasteiger partial charge in [0.25, 0.3) is 5.91 Å². The maximum Gasteiger partial charge on any atom is 0.312 e. The van der Waals surface area contributed by atoms with Gasteiger partial charge in [-0.05, 0) is 49.9 Å². The standard InChI is InChI=1S/C27H34BrClN2O6/c1-5-11-30(17-9-7-16(29)8-10-17)25(34)23-27-13-19(28)22(37-27)20(26(35)36-6-2)21(27)24(33)31(23)18(14-32)12-15(3)4/h5,7-10,15,18-23,32H,1,6,11-14H2,2-4H3/t18-,19?,20+,21-,22+,23+,27-/m1/s1. The molecule has 37 heavy (non-hydrogen) atoms. The average Bonchev–Trinajstić information content (AvgIpc) is 3.45. The van der Waals surface area contributed by atoms with E-state index in [1.165, 1.54) is 4.90 Å². The lowest BCUT2D eigenvalue weighted by molar-refractivity contribution is -0.155. The number of nitrogens with zero attached hydrogens (tertiary/aromatic N) is 2. The molecule has 0 radical (unpaired) electrons. The molecular weight excluding hydrogens is 564 g/mol. The van der Waals surface area contributed by atoms with Crippen molar-refractivity contribution >= 4 is 51.0 Å². The van der Waals surface area contributed by atoms with Crippen molar-refractivity contribution in [1.82, 2.24) is 4.90 Å². The monoisotopic (exact) mass is 596 g/mol. The van der Waals surface area contributed by atoms with E-state index in [4.69, 9.17) is 21.1 Å². The van der Waals surface area contributed by atoms with Gasteiger partial charge in [0.1, 0.15) is 11.6 Å². The summed E-state index contributed by atoms with van der Waals surface area (Å²) in [6.45, 7) is 9.57. The van der Waals surface area contributed by atoms with E-state index in [1.54, 1.807) is 42.2 Å². The molecule has 3 aliphatic rings. The van der Waals surface area contributed by atoms with Gasteiger partial charge in [-0.1, -0.05) is 47.5 Å². The first-order chi connectivity index (χ1) is 17.6. The molecule has 3 heterocycles. The number of aliphatic hydroxyl groups excluding tert-OH is 1. The molecule has 202 valence electrons. The maximum atomic E-state index is 14.5. The highest BCUT2D eigenvalue weighted by Crippen LogP contribution is 2.61. The highest BCUT2D eigenvalue weighted by atomic mass is 79.9. The molecule has 1 unspecified atom stereocenters. The molecule has 0 aliphatic carbocycles. The van der Waals surface area contributed by atoms with E-state index in [0.29, 0.717) is 23.6 Å². The molecule has 2 bridgehead atoms. The Hall–Kier alpha value is -1.94. The normalized spacial score (nSPS) is 30.9. The second kappa shape index (κ2) is 11.0. The third-order valence-electron chi connectivity index (χ3n) is 7.58. The van der Waals surface area contributed by atoms with E-state index in [-0.39, 0.29) is 42.3 Å². The van der Waals surface area contributed by atoms with Gasteiger partial charge < -0.3 is 24.4 Å². The lowest BCUT2D eigenvalue weighted by Gasteiger charge is -2.39. The Labute approximate surface area is 231 Å². The van der Waals surface area contributed by atoms with Gasteiger partial charge in [-0.3, -0.25) is 14.4 Å². The third kappa shape index (κ3) is 4.73. The number of alkyl halides is 1. The summed E-state index contributed by atoms with van der Waals surface area (Å²) in [6, 6.07) is 5.20. The minimum absolute atomic E-state index is 0.154. The van der Waals surface area contributed by atoms with E-state index >= 15 is 0 Å². The minimum Gasteiger partial charge on any atom is -0.466 e. The van der Waals surface area contributed by atoms with Crippen molar-refractivity contribution < 1.29 is 29.0 Å². The molecule has 1 N–H and O–H groups in total. The first-order valence-corrected chi connectivity index (χ1v) is 14.0. The average molecular weight is 598 g/mol. The number of aliphatic hydroxyl groups is 1. The first kappa shape index (κ1) is 28.1. The Kier molecular flexibility index (Phi) is 8.38.